The zero-order chi connectivity index (χ0) is 19.1. The fourth-order valence-electron chi connectivity index (χ4n) is 3.82. The van der Waals surface area contributed by atoms with Crippen LogP contribution in [0.1, 0.15) is 36.2 Å². The summed E-state index contributed by atoms with van der Waals surface area (Å²) in [5.74, 6) is 0.766. The highest BCUT2D eigenvalue weighted by Crippen LogP contribution is 2.43. The zero-order valence-electron chi connectivity index (χ0n) is 15.6. The van der Waals surface area contributed by atoms with Gasteiger partial charge in [0.15, 0.2) is 0 Å². The third-order valence-electron chi connectivity index (χ3n) is 5.34. The van der Waals surface area contributed by atoms with E-state index in [1.165, 1.54) is 23.3 Å². The molecule has 3 aromatic heterocycles. The Labute approximate surface area is 166 Å². The number of imidazole rings is 1. The molecular weight excluding hydrogens is 370 g/mol. The first-order valence-electron chi connectivity index (χ1n) is 9.60. The predicted octanol–water partition coefficient (Wildman–Crippen LogP) is 4.57. The van der Waals surface area contributed by atoms with Crippen molar-refractivity contribution in [1.29, 1.82) is 0 Å². The van der Waals surface area contributed by atoms with Crippen molar-refractivity contribution in [2.75, 3.05) is 5.32 Å². The number of nitrogens with one attached hydrogen (secondary N) is 2. The molecule has 6 nitrogen and oxygen atoms in total. The standard InChI is InChI=1S/C21H21N5OS/c1-13(26-12-6-11-22-26)20(27)25-21-18(14-7-2-5-10-17(14)28-21)19-23-15-8-3-4-9-16(15)24-19/h3-4,6,8-9,11-13H,2,5,7,10H2,1H3,(H,23,24)(H,25,27). The molecule has 3 heterocycles. The summed E-state index contributed by atoms with van der Waals surface area (Å²) in [5.41, 5.74) is 4.33. The van der Waals surface area contributed by atoms with Crippen LogP contribution in [0, 0.1) is 0 Å². The summed E-state index contributed by atoms with van der Waals surface area (Å²) in [4.78, 5) is 22.5. The lowest BCUT2D eigenvalue weighted by Crippen LogP contribution is -2.23. The van der Waals surface area contributed by atoms with E-state index in [0.29, 0.717) is 0 Å². The van der Waals surface area contributed by atoms with E-state index in [4.69, 9.17) is 4.98 Å². The number of benzene rings is 1. The van der Waals surface area contributed by atoms with Gasteiger partial charge in [0.2, 0.25) is 5.91 Å². The van der Waals surface area contributed by atoms with Crippen molar-refractivity contribution < 1.29 is 4.79 Å². The molecule has 0 saturated heterocycles. The fraction of sp³-hybridized carbons (Fsp3) is 0.286. The number of aromatic amines is 1. The highest BCUT2D eigenvalue weighted by Gasteiger charge is 2.26. The monoisotopic (exact) mass is 391 g/mol. The summed E-state index contributed by atoms with van der Waals surface area (Å²) in [6.07, 6.45) is 7.97. The number of anilines is 1. The van der Waals surface area contributed by atoms with Gasteiger partial charge in [0.05, 0.1) is 16.6 Å². The van der Waals surface area contributed by atoms with Crippen molar-refractivity contribution in [2.24, 2.45) is 0 Å². The number of aromatic nitrogens is 4. The highest BCUT2D eigenvalue weighted by molar-refractivity contribution is 7.17. The van der Waals surface area contributed by atoms with Crippen LogP contribution in [0.4, 0.5) is 5.00 Å². The first kappa shape index (κ1) is 17.2. The smallest absolute Gasteiger partial charge is 0.249 e. The molecule has 1 unspecified atom stereocenters. The minimum atomic E-state index is -0.377. The van der Waals surface area contributed by atoms with Crippen LogP contribution in [0.2, 0.25) is 0 Å². The van der Waals surface area contributed by atoms with Crippen LogP contribution in [0.3, 0.4) is 0 Å². The molecule has 142 valence electrons. The number of carbonyl (C=O) groups excluding carboxylic acids is 1. The van der Waals surface area contributed by atoms with Gasteiger partial charge in [0.1, 0.15) is 16.9 Å². The van der Waals surface area contributed by atoms with Crippen LogP contribution in [0.25, 0.3) is 22.4 Å². The van der Waals surface area contributed by atoms with E-state index in [-0.39, 0.29) is 11.9 Å². The van der Waals surface area contributed by atoms with E-state index in [0.717, 1.165) is 40.3 Å². The van der Waals surface area contributed by atoms with E-state index < -0.39 is 0 Å². The second-order valence-electron chi connectivity index (χ2n) is 7.17. The number of nitrogens with zero attached hydrogens (tertiary/aromatic N) is 3. The minimum Gasteiger partial charge on any atom is -0.338 e. The van der Waals surface area contributed by atoms with Gasteiger partial charge < -0.3 is 10.3 Å². The maximum atomic E-state index is 12.9. The second kappa shape index (κ2) is 6.91. The molecule has 1 amide bonds. The Morgan fingerprint density at radius 3 is 2.93 bits per heavy atom. The molecule has 1 atom stereocenters. The number of hydrogen-bond donors (Lipinski definition) is 2. The zero-order valence-corrected chi connectivity index (χ0v) is 16.4. The molecule has 0 spiro atoms. The number of rotatable bonds is 4. The first-order chi connectivity index (χ1) is 13.7. The van der Waals surface area contributed by atoms with Crippen molar-refractivity contribution in [3.8, 4) is 11.4 Å². The maximum absolute atomic E-state index is 12.9. The number of aryl methyl sites for hydroxylation is 1. The molecule has 4 aromatic rings. The Morgan fingerprint density at radius 2 is 2.11 bits per heavy atom. The first-order valence-corrected chi connectivity index (χ1v) is 10.4. The summed E-state index contributed by atoms with van der Waals surface area (Å²) in [5, 5.41) is 8.24. The Kier molecular flexibility index (Phi) is 4.24. The van der Waals surface area contributed by atoms with E-state index >= 15 is 0 Å². The molecule has 1 aromatic carbocycles. The molecule has 0 saturated carbocycles. The molecule has 0 bridgehead atoms. The van der Waals surface area contributed by atoms with Gasteiger partial charge in [-0.1, -0.05) is 12.1 Å². The van der Waals surface area contributed by atoms with Crippen LogP contribution < -0.4 is 5.32 Å². The largest absolute Gasteiger partial charge is 0.338 e. The van der Waals surface area contributed by atoms with E-state index in [2.05, 4.69) is 15.4 Å². The maximum Gasteiger partial charge on any atom is 0.249 e. The lowest BCUT2D eigenvalue weighted by Gasteiger charge is -2.13. The number of para-hydroxylation sites is 2. The average Bonchev–Trinajstić information content (AvgIpc) is 3.44. The second-order valence-corrected chi connectivity index (χ2v) is 8.27. The molecule has 1 aliphatic rings. The quantitative estimate of drug-likeness (QED) is 0.535. The Balaban J connectivity index is 1.56. The van der Waals surface area contributed by atoms with Gasteiger partial charge in [-0.25, -0.2) is 4.98 Å². The van der Waals surface area contributed by atoms with Crippen LogP contribution in [0.15, 0.2) is 42.7 Å². The van der Waals surface area contributed by atoms with Crippen molar-refractivity contribution in [1.82, 2.24) is 19.7 Å². The van der Waals surface area contributed by atoms with Crippen molar-refractivity contribution >= 4 is 33.3 Å². The number of H-pyrrole nitrogens is 1. The van der Waals surface area contributed by atoms with Crippen LogP contribution in [0.5, 0.6) is 0 Å². The molecule has 7 heteroatoms. The van der Waals surface area contributed by atoms with Crippen molar-refractivity contribution in [3.63, 3.8) is 0 Å². The van der Waals surface area contributed by atoms with Crippen molar-refractivity contribution in [2.45, 2.75) is 38.6 Å². The summed E-state index contributed by atoms with van der Waals surface area (Å²) in [7, 11) is 0. The Morgan fingerprint density at radius 1 is 1.25 bits per heavy atom. The van der Waals surface area contributed by atoms with E-state index in [1.807, 2.05) is 43.5 Å². The van der Waals surface area contributed by atoms with Gasteiger partial charge >= 0.3 is 0 Å². The minimum absolute atomic E-state index is 0.0698. The number of amides is 1. The van der Waals surface area contributed by atoms with Gasteiger partial charge in [-0.05, 0) is 56.4 Å². The molecule has 2 N–H and O–H groups in total. The average molecular weight is 392 g/mol. The number of thiophene rings is 1. The summed E-state index contributed by atoms with van der Waals surface area (Å²) < 4.78 is 1.67. The molecule has 0 radical (unpaired) electrons. The van der Waals surface area contributed by atoms with Gasteiger partial charge in [-0.2, -0.15) is 5.10 Å². The van der Waals surface area contributed by atoms with Gasteiger partial charge in [-0.15, -0.1) is 11.3 Å². The third-order valence-corrected chi connectivity index (χ3v) is 6.54. The summed E-state index contributed by atoms with van der Waals surface area (Å²) >= 11 is 1.69. The SMILES string of the molecule is CC(C(=O)Nc1sc2c(c1-c1nc3ccccc3[nH]1)CCCC2)n1cccn1. The number of fused-ring (bicyclic) bond motifs is 2. The predicted molar refractivity (Wildman–Crippen MR) is 112 cm³/mol. The summed E-state index contributed by atoms with van der Waals surface area (Å²) in [6.45, 7) is 1.86. The molecule has 0 fully saturated rings. The Hall–Kier alpha value is -2.93. The van der Waals surface area contributed by atoms with Gasteiger partial charge in [0, 0.05) is 17.3 Å². The number of hydrogen-bond acceptors (Lipinski definition) is 4. The van der Waals surface area contributed by atoms with E-state index in [1.54, 1.807) is 22.2 Å². The van der Waals surface area contributed by atoms with E-state index in [9.17, 15) is 4.79 Å². The summed E-state index contributed by atoms with van der Waals surface area (Å²) in [6, 6.07) is 9.48. The number of carbonyl (C=O) groups is 1. The van der Waals surface area contributed by atoms with Crippen LogP contribution in [-0.4, -0.2) is 25.7 Å². The Bertz CT molecular complexity index is 1110. The van der Waals surface area contributed by atoms with Gasteiger partial charge in [0.25, 0.3) is 0 Å². The molecule has 0 aliphatic heterocycles. The lowest BCUT2D eigenvalue weighted by atomic mass is 9.95. The highest BCUT2D eigenvalue weighted by atomic mass is 32.1. The fourth-order valence-corrected chi connectivity index (χ4v) is 5.12. The topological polar surface area (TPSA) is 75.6 Å². The van der Waals surface area contributed by atoms with Gasteiger partial charge in [-0.3, -0.25) is 9.48 Å². The normalized spacial score (nSPS) is 14.8. The molecular formula is C21H21N5OS. The third kappa shape index (κ3) is 2.92. The molecule has 1 aliphatic carbocycles. The lowest BCUT2D eigenvalue weighted by molar-refractivity contribution is -0.119. The molecule has 28 heavy (non-hydrogen) atoms. The van der Waals surface area contributed by atoms with Crippen LogP contribution in [-0.2, 0) is 17.6 Å². The van der Waals surface area contributed by atoms with Crippen molar-refractivity contribution in [3.05, 3.63) is 53.2 Å². The van der Waals surface area contributed by atoms with Crippen LogP contribution >= 0.6 is 11.3 Å². The molecule has 5 rings (SSSR count).